The summed E-state index contributed by atoms with van der Waals surface area (Å²) < 4.78 is 1.80. The van der Waals surface area contributed by atoms with E-state index in [4.69, 9.17) is 22.3 Å². The number of carbonyl (C=O) groups is 2. The van der Waals surface area contributed by atoms with Crippen molar-refractivity contribution in [1.29, 1.82) is 0 Å². The molecule has 0 spiro atoms. The van der Waals surface area contributed by atoms with Crippen LogP contribution < -0.4 is 11.4 Å². The van der Waals surface area contributed by atoms with Crippen LogP contribution in [0.5, 0.6) is 0 Å². The molecule has 7 rings (SSSR count). The maximum Gasteiger partial charge on any atom is 0.326 e. The zero-order valence-electron chi connectivity index (χ0n) is 24.4. The molecule has 1 saturated heterocycles. The number of halogens is 1. The monoisotopic (exact) mass is 618 g/mol. The Hall–Kier alpha value is -5.15. The van der Waals surface area contributed by atoms with Crippen LogP contribution in [0.3, 0.4) is 0 Å². The predicted molar refractivity (Wildman–Crippen MR) is 174 cm³/mol. The van der Waals surface area contributed by atoms with Gasteiger partial charge in [-0.2, -0.15) is 0 Å². The molecular formula is C35H31ClN6O3. The molecular weight excluding hydrogens is 588 g/mol. The van der Waals surface area contributed by atoms with Crippen molar-refractivity contribution in [1.82, 2.24) is 19.4 Å². The van der Waals surface area contributed by atoms with Crippen molar-refractivity contribution < 1.29 is 9.59 Å². The molecule has 3 heterocycles. The number of hydrogen-bond donors (Lipinski definition) is 2. The smallest absolute Gasteiger partial charge is 0.326 e. The molecule has 3 N–H and O–H groups in total. The number of fused-ring (bicyclic) bond motifs is 1. The topological polar surface area (TPSA) is 117 Å². The minimum atomic E-state index is -1.31. The van der Waals surface area contributed by atoms with E-state index in [1.165, 1.54) is 4.90 Å². The van der Waals surface area contributed by atoms with Gasteiger partial charge in [0.1, 0.15) is 0 Å². The van der Waals surface area contributed by atoms with Crippen LogP contribution in [0.2, 0.25) is 5.02 Å². The summed E-state index contributed by atoms with van der Waals surface area (Å²) in [6.45, 7) is 1.09. The number of benzene rings is 4. The minimum absolute atomic E-state index is 0.0163. The number of aromatic amines is 1. The molecule has 0 unspecified atom stereocenters. The molecule has 2 amide bonds. The summed E-state index contributed by atoms with van der Waals surface area (Å²) in [5.41, 5.74) is 9.15. The fourth-order valence-electron chi connectivity index (χ4n) is 6.59. The summed E-state index contributed by atoms with van der Waals surface area (Å²) in [5.74, 6) is -0.358. The van der Waals surface area contributed by atoms with Gasteiger partial charge in [0.25, 0.3) is 11.8 Å². The maximum absolute atomic E-state index is 14.2. The number of imidazole rings is 1. The second kappa shape index (κ2) is 11.4. The second-order valence-corrected chi connectivity index (χ2v) is 11.9. The molecule has 10 heteroatoms. The number of aliphatic imine (C=N–C) groups is 1. The zero-order valence-corrected chi connectivity index (χ0v) is 25.2. The van der Waals surface area contributed by atoms with Crippen molar-refractivity contribution in [2.45, 2.75) is 31.0 Å². The first-order valence-corrected chi connectivity index (χ1v) is 15.3. The van der Waals surface area contributed by atoms with E-state index in [2.05, 4.69) is 4.98 Å². The number of H-pyrrole nitrogens is 1. The number of likely N-dealkylation sites (tertiary alicyclic amines) is 1. The molecule has 1 fully saturated rings. The van der Waals surface area contributed by atoms with Crippen molar-refractivity contribution >= 4 is 40.4 Å². The Morgan fingerprint density at radius 1 is 0.889 bits per heavy atom. The third kappa shape index (κ3) is 4.89. The molecule has 2 aliphatic heterocycles. The molecule has 0 radical (unpaired) electrons. The summed E-state index contributed by atoms with van der Waals surface area (Å²) in [5, 5.41) is 0.330. The van der Waals surface area contributed by atoms with Crippen molar-refractivity contribution in [3.8, 4) is 0 Å². The van der Waals surface area contributed by atoms with Crippen molar-refractivity contribution in [3.63, 3.8) is 0 Å². The fraction of sp³-hybridized carbons (Fsp3) is 0.200. The van der Waals surface area contributed by atoms with Crippen molar-refractivity contribution in [2.75, 3.05) is 13.1 Å². The van der Waals surface area contributed by atoms with Gasteiger partial charge in [-0.15, -0.1) is 0 Å². The lowest BCUT2D eigenvalue weighted by molar-refractivity contribution is -0.130. The van der Waals surface area contributed by atoms with Crippen LogP contribution >= 0.6 is 11.6 Å². The van der Waals surface area contributed by atoms with E-state index in [0.29, 0.717) is 42.1 Å². The quantitative estimate of drug-likeness (QED) is 0.277. The molecule has 0 saturated carbocycles. The van der Waals surface area contributed by atoms with Crippen LogP contribution in [0.25, 0.3) is 11.0 Å². The highest BCUT2D eigenvalue weighted by molar-refractivity contribution is 6.33. The number of para-hydroxylation sites is 2. The summed E-state index contributed by atoms with van der Waals surface area (Å²) in [4.78, 5) is 51.6. The molecule has 1 aromatic heterocycles. The number of piperidine rings is 1. The Bertz CT molecular complexity index is 1960. The van der Waals surface area contributed by atoms with Crippen LogP contribution in [0, 0.1) is 0 Å². The number of amides is 2. The zero-order chi connectivity index (χ0) is 31.1. The van der Waals surface area contributed by atoms with Gasteiger partial charge >= 0.3 is 5.69 Å². The largest absolute Gasteiger partial charge is 0.369 e. The van der Waals surface area contributed by atoms with Gasteiger partial charge in [-0.3, -0.25) is 19.1 Å². The Balaban J connectivity index is 1.11. The van der Waals surface area contributed by atoms with E-state index in [1.807, 2.05) is 84.9 Å². The van der Waals surface area contributed by atoms with Crippen LogP contribution in [0.15, 0.2) is 113 Å². The first-order valence-electron chi connectivity index (χ1n) is 14.9. The fourth-order valence-corrected chi connectivity index (χ4v) is 6.78. The lowest BCUT2D eigenvalue weighted by atomic mass is 9.83. The lowest BCUT2D eigenvalue weighted by Gasteiger charge is -2.33. The van der Waals surface area contributed by atoms with E-state index in [9.17, 15) is 14.4 Å². The third-order valence-corrected chi connectivity index (χ3v) is 9.17. The number of nitrogens with two attached hydrogens (primary N) is 1. The molecule has 226 valence electrons. The number of nitrogens with one attached hydrogen (secondary N) is 1. The average Bonchev–Trinajstić information content (AvgIpc) is 3.54. The molecule has 4 aromatic carbocycles. The normalized spacial score (nSPS) is 16.7. The Kier molecular flexibility index (Phi) is 7.25. The molecule has 0 bridgehead atoms. The van der Waals surface area contributed by atoms with Gasteiger partial charge in [0.2, 0.25) is 0 Å². The van der Waals surface area contributed by atoms with Crippen LogP contribution in [0.1, 0.15) is 45.9 Å². The maximum atomic E-state index is 14.2. The Morgan fingerprint density at radius 2 is 1.51 bits per heavy atom. The van der Waals surface area contributed by atoms with Crippen molar-refractivity contribution in [2.24, 2.45) is 10.7 Å². The van der Waals surface area contributed by atoms with Gasteiger partial charge < -0.3 is 15.6 Å². The molecule has 5 aromatic rings. The van der Waals surface area contributed by atoms with E-state index in [-0.39, 0.29) is 36.1 Å². The average molecular weight is 619 g/mol. The van der Waals surface area contributed by atoms with Crippen LogP contribution in [-0.4, -0.2) is 50.2 Å². The van der Waals surface area contributed by atoms with E-state index in [0.717, 1.165) is 22.2 Å². The van der Waals surface area contributed by atoms with E-state index in [1.54, 1.807) is 27.7 Å². The van der Waals surface area contributed by atoms with E-state index >= 15 is 0 Å². The standard InChI is InChI=1S/C35H31ClN6O3/c36-28-16-15-23(22-41-32(44)35(39-33(41)37,24-9-3-1-4-10-24)25-11-5-2-6-12-25)21-27(28)31(43)40-19-17-26(18-20-40)42-30-14-8-7-13-29(30)38-34(42)45/h1-16,21,26H,17-20,22H2,(H2,37,39)(H,38,45). The number of guanidine groups is 1. The SMILES string of the molecule is NC1=NC(c2ccccc2)(c2ccccc2)C(=O)N1Cc1ccc(Cl)c(C(=O)N2CCC(n3c(=O)[nH]c4ccccc43)CC2)c1. The van der Waals surface area contributed by atoms with Crippen LogP contribution in [0.4, 0.5) is 0 Å². The molecule has 45 heavy (non-hydrogen) atoms. The first-order chi connectivity index (χ1) is 21.9. The highest BCUT2D eigenvalue weighted by Gasteiger charge is 2.50. The highest BCUT2D eigenvalue weighted by Crippen LogP contribution is 2.40. The first kappa shape index (κ1) is 28.6. The van der Waals surface area contributed by atoms with Gasteiger partial charge in [-0.1, -0.05) is 90.5 Å². The molecule has 9 nitrogen and oxygen atoms in total. The Morgan fingerprint density at radius 3 is 2.18 bits per heavy atom. The number of nitrogens with zero attached hydrogens (tertiary/aromatic N) is 4. The summed E-state index contributed by atoms with van der Waals surface area (Å²) in [6, 6.07) is 31.6. The van der Waals surface area contributed by atoms with Gasteiger partial charge in [0, 0.05) is 19.1 Å². The second-order valence-electron chi connectivity index (χ2n) is 11.5. The van der Waals surface area contributed by atoms with Gasteiger partial charge in [-0.25, -0.2) is 9.79 Å². The van der Waals surface area contributed by atoms with Gasteiger partial charge in [-0.05, 0) is 53.8 Å². The van der Waals surface area contributed by atoms with E-state index < -0.39 is 5.54 Å². The minimum Gasteiger partial charge on any atom is -0.369 e. The van der Waals surface area contributed by atoms with Gasteiger partial charge in [0.15, 0.2) is 11.5 Å². The number of aromatic nitrogens is 2. The summed E-state index contributed by atoms with van der Waals surface area (Å²) in [7, 11) is 0. The van der Waals surface area contributed by atoms with Crippen molar-refractivity contribution in [3.05, 3.63) is 141 Å². The lowest BCUT2D eigenvalue weighted by Crippen LogP contribution is -2.43. The van der Waals surface area contributed by atoms with Gasteiger partial charge in [0.05, 0.1) is 28.2 Å². The third-order valence-electron chi connectivity index (χ3n) is 8.84. The predicted octanol–water partition coefficient (Wildman–Crippen LogP) is 5.06. The molecule has 2 aliphatic rings. The number of carbonyl (C=O) groups excluding carboxylic acids is 2. The molecule has 0 atom stereocenters. The molecule has 0 aliphatic carbocycles. The summed E-state index contributed by atoms with van der Waals surface area (Å²) in [6.07, 6.45) is 1.28. The summed E-state index contributed by atoms with van der Waals surface area (Å²) >= 11 is 6.56. The highest BCUT2D eigenvalue weighted by atomic mass is 35.5. The number of hydrogen-bond acceptors (Lipinski definition) is 5. The van der Waals surface area contributed by atoms with Crippen LogP contribution in [-0.2, 0) is 16.9 Å². The Labute approximate surface area is 264 Å². The number of rotatable bonds is 6.